The summed E-state index contributed by atoms with van der Waals surface area (Å²) in [6, 6.07) is -2.31. The maximum atomic E-state index is 12.3. The van der Waals surface area contributed by atoms with Crippen LogP contribution in [0.5, 0.6) is 0 Å². The van der Waals surface area contributed by atoms with Gasteiger partial charge in [0.05, 0.1) is 6.61 Å². The molecule has 0 heterocycles. The number of aliphatic hydroxyl groups excluding tert-OH is 1. The lowest BCUT2D eigenvalue weighted by molar-refractivity contribution is -0.156. The van der Waals surface area contributed by atoms with E-state index >= 15 is 0 Å². The van der Waals surface area contributed by atoms with Crippen molar-refractivity contribution in [2.45, 2.75) is 71.1 Å². The fourth-order valence-corrected chi connectivity index (χ4v) is 3.56. The van der Waals surface area contributed by atoms with Crippen LogP contribution in [0.1, 0.15) is 52.9 Å². The number of hydrogen-bond donors (Lipinski definition) is 7. The Morgan fingerprint density at radius 3 is 2.15 bits per heavy atom. The van der Waals surface area contributed by atoms with E-state index in [1.807, 2.05) is 0 Å². The zero-order chi connectivity index (χ0) is 30.2. The minimum absolute atomic E-state index is 0.00338. The lowest BCUT2D eigenvalue weighted by atomic mass is 9.87. The summed E-state index contributed by atoms with van der Waals surface area (Å²) < 4.78 is 5.12. The molecule has 3 atom stereocenters. The fraction of sp³-hybridized carbons (Fsp3) is 0.696. The Morgan fingerprint density at radius 2 is 1.59 bits per heavy atom. The van der Waals surface area contributed by atoms with Crippen molar-refractivity contribution in [2.24, 2.45) is 11.1 Å². The second-order valence-corrected chi connectivity index (χ2v) is 10.4. The van der Waals surface area contributed by atoms with Gasteiger partial charge in [-0.1, -0.05) is 25.6 Å². The summed E-state index contributed by atoms with van der Waals surface area (Å²) >= 11 is 0.935. The van der Waals surface area contributed by atoms with Gasteiger partial charge in [-0.05, 0) is 12.8 Å². The number of nitrogens with one attached hydrogen (secondary N) is 3. The number of thioether (sulfide) groups is 1. The summed E-state index contributed by atoms with van der Waals surface area (Å²) in [4.78, 5) is 80.9. The van der Waals surface area contributed by atoms with Gasteiger partial charge >= 0.3 is 17.9 Å². The molecule has 39 heavy (non-hydrogen) atoms. The Kier molecular flexibility index (Phi) is 16.6. The van der Waals surface area contributed by atoms with Crippen LogP contribution in [0.4, 0.5) is 0 Å². The summed E-state index contributed by atoms with van der Waals surface area (Å²) in [7, 11) is 0. The number of hydrogen-bond acceptors (Lipinski definition) is 11. The molecular formula is C23H38N4O11S. The van der Waals surface area contributed by atoms with E-state index in [2.05, 4.69) is 16.0 Å². The van der Waals surface area contributed by atoms with Gasteiger partial charge in [-0.2, -0.15) is 0 Å². The first kappa shape index (κ1) is 35.8. The van der Waals surface area contributed by atoms with Gasteiger partial charge in [0, 0.05) is 50.4 Å². The van der Waals surface area contributed by atoms with E-state index in [9.17, 15) is 38.7 Å². The molecule has 8 N–H and O–H groups in total. The number of ether oxygens (including phenoxy) is 1. The first-order chi connectivity index (χ1) is 18.1. The van der Waals surface area contributed by atoms with Crippen molar-refractivity contribution in [2.75, 3.05) is 25.4 Å². The number of aliphatic carboxylic acids is 2. The third-order valence-corrected chi connectivity index (χ3v) is 6.13. The van der Waals surface area contributed by atoms with Gasteiger partial charge in [-0.3, -0.25) is 28.8 Å². The predicted molar refractivity (Wildman–Crippen MR) is 138 cm³/mol. The normalized spacial score (nSPS) is 13.4. The van der Waals surface area contributed by atoms with Crippen molar-refractivity contribution in [1.29, 1.82) is 0 Å². The highest BCUT2D eigenvalue weighted by Crippen LogP contribution is 2.22. The summed E-state index contributed by atoms with van der Waals surface area (Å²) in [6.07, 6.45) is -2.30. The second-order valence-electron chi connectivity index (χ2n) is 9.28. The molecule has 3 amide bonds. The fourth-order valence-electron chi connectivity index (χ4n) is 2.86. The minimum atomic E-state index is -1.62. The average molecular weight is 579 g/mol. The second kappa shape index (κ2) is 18.1. The molecule has 0 aromatic rings. The quantitative estimate of drug-likeness (QED) is 0.0671. The Balaban J connectivity index is 4.40. The third-order valence-electron chi connectivity index (χ3n) is 5.20. The standard InChI is InChI=1S/C23H38N4O11S/c1-13(28)27-15(5-6-17(30)31)22(37)38-12-23(2,3)19(33)20(34)26-9-8-16(29)25-10-11-39-18(32)7-4-14(24)21(35)36/h14-15,19,33H,4-12,24H2,1-3H3,(H,25,29)(H,26,34)(H,27,28)(H,30,31)(H,35,36)/t14-,15-,19-/m0/s1. The smallest absolute Gasteiger partial charge is 0.328 e. The molecule has 0 bridgehead atoms. The highest BCUT2D eigenvalue weighted by Gasteiger charge is 2.36. The maximum Gasteiger partial charge on any atom is 0.328 e. The number of carbonyl (C=O) groups excluding carboxylic acids is 5. The average Bonchev–Trinajstić information content (AvgIpc) is 2.85. The zero-order valence-electron chi connectivity index (χ0n) is 22.2. The zero-order valence-corrected chi connectivity index (χ0v) is 23.0. The van der Waals surface area contributed by atoms with E-state index in [0.717, 1.165) is 18.7 Å². The van der Waals surface area contributed by atoms with Gasteiger partial charge in [0.25, 0.3) is 0 Å². The van der Waals surface area contributed by atoms with Gasteiger partial charge in [0.2, 0.25) is 17.7 Å². The monoisotopic (exact) mass is 578 g/mol. The summed E-state index contributed by atoms with van der Waals surface area (Å²) in [5, 5.41) is 34.9. The van der Waals surface area contributed by atoms with Crippen molar-refractivity contribution in [3.8, 4) is 0 Å². The van der Waals surface area contributed by atoms with E-state index in [1.54, 1.807) is 0 Å². The predicted octanol–water partition coefficient (Wildman–Crippen LogP) is -1.64. The first-order valence-corrected chi connectivity index (χ1v) is 13.1. The van der Waals surface area contributed by atoms with Crippen molar-refractivity contribution in [3.05, 3.63) is 0 Å². The van der Waals surface area contributed by atoms with E-state index in [-0.39, 0.29) is 56.1 Å². The van der Waals surface area contributed by atoms with Gasteiger partial charge in [0.15, 0.2) is 5.12 Å². The van der Waals surface area contributed by atoms with Crippen LogP contribution in [0, 0.1) is 5.41 Å². The van der Waals surface area contributed by atoms with Crippen molar-refractivity contribution < 1.29 is 53.6 Å². The Morgan fingerprint density at radius 1 is 0.949 bits per heavy atom. The van der Waals surface area contributed by atoms with Crippen molar-refractivity contribution in [1.82, 2.24) is 16.0 Å². The number of carboxylic acid groups (broad SMARTS) is 2. The molecule has 0 aromatic carbocycles. The molecule has 222 valence electrons. The number of aliphatic hydroxyl groups is 1. The van der Waals surface area contributed by atoms with E-state index in [4.69, 9.17) is 20.7 Å². The van der Waals surface area contributed by atoms with E-state index < -0.39 is 65.8 Å². The third kappa shape index (κ3) is 16.4. The number of rotatable bonds is 19. The van der Waals surface area contributed by atoms with E-state index in [1.165, 1.54) is 13.8 Å². The minimum Gasteiger partial charge on any atom is -0.481 e. The summed E-state index contributed by atoms with van der Waals surface area (Å²) in [6.45, 7) is 3.72. The molecule has 15 nitrogen and oxygen atoms in total. The lowest BCUT2D eigenvalue weighted by Crippen LogP contribution is -2.48. The van der Waals surface area contributed by atoms with Crippen LogP contribution in [0.15, 0.2) is 0 Å². The van der Waals surface area contributed by atoms with Crippen LogP contribution < -0.4 is 21.7 Å². The van der Waals surface area contributed by atoms with Crippen molar-refractivity contribution >= 4 is 52.5 Å². The van der Waals surface area contributed by atoms with Gasteiger partial charge < -0.3 is 41.7 Å². The topological polar surface area (TPSA) is 252 Å². The SMILES string of the molecule is CC(=O)N[C@@H](CCC(=O)O)C(=O)OCC(C)(C)[C@@H](O)C(=O)NCCC(=O)NCCSC(=O)CC[C@H](N)C(=O)O. The molecule has 0 saturated carbocycles. The lowest BCUT2D eigenvalue weighted by Gasteiger charge is -2.29. The number of carboxylic acids is 2. The molecular weight excluding hydrogens is 540 g/mol. The van der Waals surface area contributed by atoms with Crippen LogP contribution >= 0.6 is 11.8 Å². The maximum absolute atomic E-state index is 12.3. The molecule has 0 aromatic heterocycles. The van der Waals surface area contributed by atoms with Gasteiger partial charge in [-0.15, -0.1) is 0 Å². The van der Waals surface area contributed by atoms with Gasteiger partial charge in [-0.25, -0.2) is 4.79 Å². The molecule has 0 fully saturated rings. The number of nitrogens with two attached hydrogens (primary N) is 1. The molecule has 16 heteroatoms. The van der Waals surface area contributed by atoms with Crippen LogP contribution in [0.3, 0.4) is 0 Å². The Labute approximate surface area is 230 Å². The largest absolute Gasteiger partial charge is 0.481 e. The van der Waals surface area contributed by atoms with Crippen LogP contribution in [-0.2, 0) is 38.3 Å². The molecule has 0 aliphatic carbocycles. The van der Waals surface area contributed by atoms with Gasteiger partial charge in [0.1, 0.15) is 18.2 Å². The molecule has 0 aliphatic rings. The van der Waals surface area contributed by atoms with Crippen LogP contribution in [0.2, 0.25) is 0 Å². The molecule has 0 radical (unpaired) electrons. The molecule has 0 aliphatic heterocycles. The van der Waals surface area contributed by atoms with Crippen LogP contribution in [0.25, 0.3) is 0 Å². The molecule has 0 rings (SSSR count). The molecule has 0 saturated heterocycles. The van der Waals surface area contributed by atoms with E-state index in [0.29, 0.717) is 0 Å². The summed E-state index contributed by atoms with van der Waals surface area (Å²) in [5.41, 5.74) is 4.07. The number of amides is 3. The number of carbonyl (C=O) groups is 7. The summed E-state index contributed by atoms with van der Waals surface area (Å²) in [5.74, 6) is -4.78. The molecule has 0 unspecified atom stereocenters. The Bertz CT molecular complexity index is 897. The van der Waals surface area contributed by atoms with Crippen LogP contribution in [-0.4, -0.2) is 99.7 Å². The number of esters is 1. The highest BCUT2D eigenvalue weighted by molar-refractivity contribution is 8.13. The molecule has 0 spiro atoms. The Hall–Kier alpha value is -3.24. The van der Waals surface area contributed by atoms with Crippen molar-refractivity contribution in [3.63, 3.8) is 0 Å². The highest BCUT2D eigenvalue weighted by atomic mass is 32.2. The first-order valence-electron chi connectivity index (χ1n) is 12.1.